The van der Waals surface area contributed by atoms with Crippen molar-refractivity contribution in [2.75, 3.05) is 19.6 Å². The summed E-state index contributed by atoms with van der Waals surface area (Å²) in [6.45, 7) is 8.13. The van der Waals surface area contributed by atoms with E-state index in [2.05, 4.69) is 10.3 Å². The molecule has 6 heteroatoms. The van der Waals surface area contributed by atoms with Crippen molar-refractivity contribution in [3.63, 3.8) is 0 Å². The summed E-state index contributed by atoms with van der Waals surface area (Å²) in [6.07, 6.45) is 5.09. The molecule has 0 unspecified atom stereocenters. The molecular weight excluding hydrogens is 310 g/mol. The van der Waals surface area contributed by atoms with Gasteiger partial charge in [-0.05, 0) is 25.7 Å². The van der Waals surface area contributed by atoms with Crippen LogP contribution in [-0.2, 0) is 16.0 Å². The van der Waals surface area contributed by atoms with E-state index in [0.717, 1.165) is 37.4 Å². The average molecular weight is 337 g/mol. The van der Waals surface area contributed by atoms with E-state index in [1.165, 1.54) is 4.88 Å². The maximum absolute atomic E-state index is 12.0. The second-order valence-electron chi connectivity index (χ2n) is 6.59. The van der Waals surface area contributed by atoms with Gasteiger partial charge in [0, 0.05) is 49.5 Å². The number of hydrogen-bond acceptors (Lipinski definition) is 4. The van der Waals surface area contributed by atoms with E-state index in [1.54, 1.807) is 11.3 Å². The summed E-state index contributed by atoms with van der Waals surface area (Å²) >= 11 is 1.68. The molecule has 1 saturated heterocycles. The van der Waals surface area contributed by atoms with Crippen LogP contribution in [-0.4, -0.2) is 41.3 Å². The number of aryl methyl sites for hydroxylation is 1. The van der Waals surface area contributed by atoms with E-state index >= 15 is 0 Å². The average Bonchev–Trinajstić information content (AvgIpc) is 2.92. The largest absolute Gasteiger partial charge is 0.356 e. The first-order valence-corrected chi connectivity index (χ1v) is 9.24. The Bertz CT molecular complexity index is 534. The molecule has 23 heavy (non-hydrogen) atoms. The lowest BCUT2D eigenvalue weighted by atomic mass is 9.92. The highest BCUT2D eigenvalue weighted by atomic mass is 32.1. The Hall–Kier alpha value is -1.43. The fourth-order valence-corrected chi connectivity index (χ4v) is 3.67. The minimum atomic E-state index is 0.0596. The molecule has 0 radical (unpaired) electrons. The van der Waals surface area contributed by atoms with E-state index in [-0.39, 0.29) is 17.7 Å². The van der Waals surface area contributed by atoms with E-state index < -0.39 is 0 Å². The zero-order valence-electron chi connectivity index (χ0n) is 14.3. The summed E-state index contributed by atoms with van der Waals surface area (Å²) in [6, 6.07) is 0. The summed E-state index contributed by atoms with van der Waals surface area (Å²) < 4.78 is 0. The quantitative estimate of drug-likeness (QED) is 0.867. The van der Waals surface area contributed by atoms with Crippen molar-refractivity contribution in [3.05, 3.63) is 16.1 Å². The number of amides is 2. The number of piperidine rings is 1. The smallest absolute Gasteiger partial charge is 0.225 e. The number of carbonyl (C=O) groups is 2. The molecule has 0 aromatic carbocycles. The molecule has 0 saturated carbocycles. The van der Waals surface area contributed by atoms with Crippen LogP contribution in [0.5, 0.6) is 0 Å². The third-order valence-corrected chi connectivity index (χ3v) is 5.20. The molecule has 0 aliphatic carbocycles. The Labute approximate surface area is 142 Å². The summed E-state index contributed by atoms with van der Waals surface area (Å²) in [5.74, 6) is 0.802. The Morgan fingerprint density at radius 3 is 2.65 bits per heavy atom. The van der Waals surface area contributed by atoms with Crippen LogP contribution in [0, 0.1) is 18.8 Å². The van der Waals surface area contributed by atoms with Crippen LogP contribution < -0.4 is 5.32 Å². The van der Waals surface area contributed by atoms with Crippen molar-refractivity contribution in [2.45, 2.75) is 46.5 Å². The third-order valence-electron chi connectivity index (χ3n) is 4.22. The number of nitrogens with zero attached hydrogens (tertiary/aromatic N) is 2. The van der Waals surface area contributed by atoms with Crippen LogP contribution in [0.3, 0.4) is 0 Å². The van der Waals surface area contributed by atoms with E-state index in [1.807, 2.05) is 31.9 Å². The molecule has 0 spiro atoms. The molecule has 1 aromatic heterocycles. The van der Waals surface area contributed by atoms with Gasteiger partial charge < -0.3 is 10.2 Å². The predicted molar refractivity (Wildman–Crippen MR) is 92.3 cm³/mol. The lowest BCUT2D eigenvalue weighted by Gasteiger charge is -2.32. The van der Waals surface area contributed by atoms with Crippen molar-refractivity contribution in [1.29, 1.82) is 0 Å². The normalized spacial score (nSPS) is 15.9. The lowest BCUT2D eigenvalue weighted by Crippen LogP contribution is -2.41. The van der Waals surface area contributed by atoms with Crippen LogP contribution >= 0.6 is 11.3 Å². The zero-order valence-corrected chi connectivity index (χ0v) is 15.1. The number of thiazole rings is 1. The molecule has 2 amide bonds. The van der Waals surface area contributed by atoms with Crippen LogP contribution in [0.2, 0.25) is 0 Å². The van der Waals surface area contributed by atoms with Gasteiger partial charge >= 0.3 is 0 Å². The summed E-state index contributed by atoms with van der Waals surface area (Å²) in [5, 5.41) is 4.06. The minimum absolute atomic E-state index is 0.0596. The van der Waals surface area contributed by atoms with Gasteiger partial charge in [0.05, 0.1) is 5.01 Å². The topological polar surface area (TPSA) is 62.3 Å². The summed E-state index contributed by atoms with van der Waals surface area (Å²) in [7, 11) is 0. The molecule has 1 aromatic rings. The zero-order chi connectivity index (χ0) is 16.8. The highest BCUT2D eigenvalue weighted by Gasteiger charge is 2.25. The third kappa shape index (κ3) is 5.61. The van der Waals surface area contributed by atoms with Gasteiger partial charge in [-0.15, -0.1) is 11.3 Å². The molecule has 128 valence electrons. The van der Waals surface area contributed by atoms with Crippen molar-refractivity contribution < 1.29 is 9.59 Å². The summed E-state index contributed by atoms with van der Waals surface area (Å²) in [4.78, 5) is 31.4. The van der Waals surface area contributed by atoms with E-state index in [4.69, 9.17) is 0 Å². The van der Waals surface area contributed by atoms with Gasteiger partial charge in [-0.2, -0.15) is 0 Å². The second-order valence-corrected chi connectivity index (χ2v) is 7.91. The first kappa shape index (κ1) is 17.9. The van der Waals surface area contributed by atoms with Crippen molar-refractivity contribution in [3.8, 4) is 0 Å². The van der Waals surface area contributed by atoms with Crippen molar-refractivity contribution >= 4 is 23.2 Å². The fraction of sp³-hybridized carbons (Fsp3) is 0.706. The minimum Gasteiger partial charge on any atom is -0.356 e. The standard InChI is InChI=1S/C17H27N3O2S/c1-12(2)17(22)20-8-5-14(6-9-20)10-15(21)18-7-4-16-19-11-13(3)23-16/h11-12,14H,4-10H2,1-3H3,(H,18,21). The maximum atomic E-state index is 12.0. The van der Waals surface area contributed by atoms with Crippen LogP contribution in [0.15, 0.2) is 6.20 Å². The molecule has 5 nitrogen and oxygen atoms in total. The van der Waals surface area contributed by atoms with Crippen LogP contribution in [0.4, 0.5) is 0 Å². The van der Waals surface area contributed by atoms with E-state index in [9.17, 15) is 9.59 Å². The number of carbonyl (C=O) groups excluding carboxylic acids is 2. The molecule has 2 heterocycles. The Balaban J connectivity index is 1.64. The fourth-order valence-electron chi connectivity index (χ4n) is 2.88. The van der Waals surface area contributed by atoms with Crippen LogP contribution in [0.25, 0.3) is 0 Å². The SMILES string of the molecule is Cc1cnc(CCNC(=O)CC2CCN(C(=O)C(C)C)CC2)s1. The molecule has 1 aliphatic heterocycles. The van der Waals surface area contributed by atoms with Gasteiger partial charge in [-0.3, -0.25) is 9.59 Å². The number of aromatic nitrogens is 1. The second kappa shape index (κ2) is 8.43. The molecule has 0 bridgehead atoms. The molecular formula is C17H27N3O2S. The maximum Gasteiger partial charge on any atom is 0.225 e. The van der Waals surface area contributed by atoms with Gasteiger partial charge in [0.2, 0.25) is 11.8 Å². The van der Waals surface area contributed by atoms with Crippen LogP contribution in [0.1, 0.15) is 43.0 Å². The molecule has 1 fully saturated rings. The Morgan fingerprint density at radius 1 is 1.39 bits per heavy atom. The first-order chi connectivity index (χ1) is 11.0. The number of nitrogens with one attached hydrogen (secondary N) is 1. The first-order valence-electron chi connectivity index (χ1n) is 8.42. The Morgan fingerprint density at radius 2 is 2.09 bits per heavy atom. The number of hydrogen-bond donors (Lipinski definition) is 1. The van der Waals surface area contributed by atoms with Gasteiger partial charge in [0.15, 0.2) is 0 Å². The van der Waals surface area contributed by atoms with Gasteiger partial charge in [0.25, 0.3) is 0 Å². The Kier molecular flexibility index (Phi) is 6.57. The van der Waals surface area contributed by atoms with E-state index in [0.29, 0.717) is 18.9 Å². The van der Waals surface area contributed by atoms with Gasteiger partial charge in [-0.1, -0.05) is 13.8 Å². The number of rotatable bonds is 6. The summed E-state index contributed by atoms with van der Waals surface area (Å²) in [5.41, 5.74) is 0. The van der Waals surface area contributed by atoms with Crippen molar-refractivity contribution in [1.82, 2.24) is 15.2 Å². The van der Waals surface area contributed by atoms with Gasteiger partial charge in [0.1, 0.15) is 0 Å². The monoisotopic (exact) mass is 337 g/mol. The molecule has 2 rings (SSSR count). The number of likely N-dealkylation sites (tertiary alicyclic amines) is 1. The highest BCUT2D eigenvalue weighted by molar-refractivity contribution is 7.11. The predicted octanol–water partition coefficient (Wildman–Crippen LogP) is 2.39. The lowest BCUT2D eigenvalue weighted by molar-refractivity contribution is -0.136. The van der Waals surface area contributed by atoms with Gasteiger partial charge in [-0.25, -0.2) is 4.98 Å². The molecule has 1 aliphatic rings. The molecule has 1 N–H and O–H groups in total. The van der Waals surface area contributed by atoms with Crippen molar-refractivity contribution in [2.24, 2.45) is 11.8 Å². The highest BCUT2D eigenvalue weighted by Crippen LogP contribution is 2.21. The molecule has 0 atom stereocenters.